The van der Waals surface area contributed by atoms with Crippen LogP contribution in [0.2, 0.25) is 0 Å². The number of hydrogen-bond acceptors (Lipinski definition) is 5. The molecule has 0 fully saturated rings. The number of aromatic nitrogens is 5. The fraction of sp³-hybridized carbons (Fsp3) is 0.533. The summed E-state index contributed by atoms with van der Waals surface area (Å²) in [7, 11) is 0. The summed E-state index contributed by atoms with van der Waals surface area (Å²) < 4.78 is 1.70. The number of nitrogens with zero attached hydrogens (tertiary/aromatic N) is 5. The summed E-state index contributed by atoms with van der Waals surface area (Å²) in [6.07, 6.45) is 0.842. The minimum atomic E-state index is -0.269. The number of hydrogen-bond donors (Lipinski definition) is 1. The van der Waals surface area contributed by atoms with Crippen molar-refractivity contribution >= 4 is 11.9 Å². The van der Waals surface area contributed by atoms with Gasteiger partial charge >= 0.3 is 0 Å². The number of anilines is 1. The molecule has 22 heavy (non-hydrogen) atoms. The van der Waals surface area contributed by atoms with Gasteiger partial charge in [0.1, 0.15) is 5.69 Å². The van der Waals surface area contributed by atoms with Gasteiger partial charge in [-0.3, -0.25) is 14.8 Å². The smallest absolute Gasteiger partial charge is 0.276 e. The average Bonchev–Trinajstić information content (AvgIpc) is 2.85. The van der Waals surface area contributed by atoms with E-state index in [0.717, 1.165) is 23.5 Å². The molecule has 0 unspecified atom stereocenters. The standard InChI is InChI=1S/C15H22N6O/c1-6-21-13(8-12(20-21)7-9(2)3)14(22)17-15-16-10(4)11(5)18-19-15/h8-9H,6-7H2,1-5H3,(H,16,17,19,22). The summed E-state index contributed by atoms with van der Waals surface area (Å²) in [5.41, 5.74) is 2.92. The van der Waals surface area contributed by atoms with E-state index in [1.807, 2.05) is 26.8 Å². The molecule has 0 radical (unpaired) electrons. The number of nitrogens with one attached hydrogen (secondary N) is 1. The second kappa shape index (κ2) is 6.64. The molecule has 7 heteroatoms. The third-order valence-corrected chi connectivity index (χ3v) is 3.30. The van der Waals surface area contributed by atoms with Crippen molar-refractivity contribution in [3.8, 4) is 0 Å². The highest BCUT2D eigenvalue weighted by Crippen LogP contribution is 2.12. The number of aryl methyl sites for hydroxylation is 3. The van der Waals surface area contributed by atoms with Crippen LogP contribution < -0.4 is 5.32 Å². The van der Waals surface area contributed by atoms with Crippen LogP contribution >= 0.6 is 0 Å². The van der Waals surface area contributed by atoms with Gasteiger partial charge in [-0.15, -0.1) is 5.10 Å². The van der Waals surface area contributed by atoms with Crippen molar-refractivity contribution in [3.05, 3.63) is 28.8 Å². The zero-order chi connectivity index (χ0) is 16.3. The number of amides is 1. The zero-order valence-corrected chi connectivity index (χ0v) is 13.7. The molecule has 2 aromatic heterocycles. The normalized spacial score (nSPS) is 11.0. The van der Waals surface area contributed by atoms with Crippen molar-refractivity contribution in [2.45, 2.75) is 47.6 Å². The van der Waals surface area contributed by atoms with E-state index in [4.69, 9.17) is 0 Å². The molecule has 0 atom stereocenters. The summed E-state index contributed by atoms with van der Waals surface area (Å²) in [5, 5.41) is 15.0. The van der Waals surface area contributed by atoms with Crippen LogP contribution in [0.1, 0.15) is 48.3 Å². The van der Waals surface area contributed by atoms with E-state index in [-0.39, 0.29) is 11.9 Å². The summed E-state index contributed by atoms with van der Waals surface area (Å²) in [5.74, 6) is 0.431. The van der Waals surface area contributed by atoms with Gasteiger partial charge < -0.3 is 0 Å². The molecule has 0 spiro atoms. The van der Waals surface area contributed by atoms with Crippen LogP contribution in [0.15, 0.2) is 6.07 Å². The van der Waals surface area contributed by atoms with Crippen LogP contribution in [0.4, 0.5) is 5.95 Å². The van der Waals surface area contributed by atoms with E-state index in [2.05, 4.69) is 39.4 Å². The monoisotopic (exact) mass is 302 g/mol. The lowest BCUT2D eigenvalue weighted by Crippen LogP contribution is -2.19. The van der Waals surface area contributed by atoms with Crippen molar-refractivity contribution in [2.75, 3.05) is 5.32 Å². The van der Waals surface area contributed by atoms with Crippen molar-refractivity contribution in [1.82, 2.24) is 25.0 Å². The Labute approximate surface area is 130 Å². The maximum atomic E-state index is 12.4. The maximum absolute atomic E-state index is 12.4. The zero-order valence-electron chi connectivity index (χ0n) is 13.7. The SMILES string of the molecule is CCn1nc(CC(C)C)cc1C(=O)Nc1nnc(C)c(C)n1. The van der Waals surface area contributed by atoms with Crippen LogP contribution in [0.3, 0.4) is 0 Å². The van der Waals surface area contributed by atoms with Crippen molar-refractivity contribution < 1.29 is 4.79 Å². The number of rotatable bonds is 5. The van der Waals surface area contributed by atoms with Gasteiger partial charge in [-0.05, 0) is 39.2 Å². The minimum absolute atomic E-state index is 0.211. The van der Waals surface area contributed by atoms with Gasteiger partial charge in [-0.1, -0.05) is 13.8 Å². The average molecular weight is 302 g/mol. The van der Waals surface area contributed by atoms with Crippen molar-refractivity contribution in [1.29, 1.82) is 0 Å². The van der Waals surface area contributed by atoms with Gasteiger partial charge in [0.2, 0.25) is 5.95 Å². The molecule has 0 saturated heterocycles. The van der Waals surface area contributed by atoms with Crippen LogP contribution in [0.25, 0.3) is 0 Å². The van der Waals surface area contributed by atoms with Crippen LogP contribution in [-0.2, 0) is 13.0 Å². The van der Waals surface area contributed by atoms with Crippen LogP contribution in [-0.4, -0.2) is 30.9 Å². The topological polar surface area (TPSA) is 85.6 Å². The molecular formula is C15H22N6O. The second-order valence-electron chi connectivity index (χ2n) is 5.70. The molecule has 0 saturated carbocycles. The first-order valence-electron chi connectivity index (χ1n) is 7.46. The Bertz CT molecular complexity index is 677. The lowest BCUT2D eigenvalue weighted by atomic mass is 10.1. The second-order valence-corrected chi connectivity index (χ2v) is 5.70. The van der Waals surface area contributed by atoms with Gasteiger partial charge in [0, 0.05) is 6.54 Å². The lowest BCUT2D eigenvalue weighted by Gasteiger charge is -2.05. The largest absolute Gasteiger partial charge is 0.288 e. The molecule has 2 rings (SSSR count). The molecule has 0 aromatic carbocycles. The van der Waals surface area contributed by atoms with Gasteiger partial charge in [-0.25, -0.2) is 4.98 Å². The van der Waals surface area contributed by atoms with Gasteiger partial charge in [0.25, 0.3) is 5.91 Å². The minimum Gasteiger partial charge on any atom is -0.288 e. The van der Waals surface area contributed by atoms with E-state index < -0.39 is 0 Å². The molecule has 1 N–H and O–H groups in total. The Morgan fingerprint density at radius 1 is 1.27 bits per heavy atom. The summed E-state index contributed by atoms with van der Waals surface area (Å²) >= 11 is 0. The predicted octanol–water partition coefficient (Wildman–Crippen LogP) is 2.16. The highest BCUT2D eigenvalue weighted by atomic mass is 16.2. The van der Waals surface area contributed by atoms with Crippen LogP contribution in [0.5, 0.6) is 0 Å². The van der Waals surface area contributed by atoms with E-state index in [1.165, 1.54) is 0 Å². The fourth-order valence-corrected chi connectivity index (χ4v) is 2.09. The molecular weight excluding hydrogens is 280 g/mol. The Morgan fingerprint density at radius 3 is 2.59 bits per heavy atom. The quantitative estimate of drug-likeness (QED) is 0.914. The highest BCUT2D eigenvalue weighted by Gasteiger charge is 2.16. The Kier molecular flexibility index (Phi) is 4.85. The maximum Gasteiger partial charge on any atom is 0.276 e. The third kappa shape index (κ3) is 3.66. The number of carbonyl (C=O) groups is 1. The molecule has 0 aliphatic heterocycles. The van der Waals surface area contributed by atoms with E-state index in [0.29, 0.717) is 18.2 Å². The molecule has 2 aromatic rings. The molecule has 7 nitrogen and oxygen atoms in total. The molecule has 1 amide bonds. The van der Waals surface area contributed by atoms with Gasteiger partial charge in [-0.2, -0.15) is 10.2 Å². The summed E-state index contributed by atoms with van der Waals surface area (Å²) in [6.45, 7) is 10.5. The predicted molar refractivity (Wildman–Crippen MR) is 83.7 cm³/mol. The van der Waals surface area contributed by atoms with Crippen molar-refractivity contribution in [2.24, 2.45) is 5.92 Å². The molecule has 0 aliphatic carbocycles. The first-order valence-corrected chi connectivity index (χ1v) is 7.46. The first kappa shape index (κ1) is 16.1. The molecule has 0 bridgehead atoms. The molecule has 118 valence electrons. The van der Waals surface area contributed by atoms with Gasteiger partial charge in [0.15, 0.2) is 0 Å². The molecule has 0 aliphatic rings. The first-order chi connectivity index (χ1) is 10.4. The van der Waals surface area contributed by atoms with E-state index in [9.17, 15) is 4.79 Å². The summed E-state index contributed by atoms with van der Waals surface area (Å²) in [4.78, 5) is 16.6. The summed E-state index contributed by atoms with van der Waals surface area (Å²) in [6, 6.07) is 1.83. The van der Waals surface area contributed by atoms with E-state index >= 15 is 0 Å². The van der Waals surface area contributed by atoms with Crippen molar-refractivity contribution in [3.63, 3.8) is 0 Å². The third-order valence-electron chi connectivity index (χ3n) is 3.30. The van der Waals surface area contributed by atoms with Gasteiger partial charge in [0.05, 0.1) is 17.1 Å². The fourth-order valence-electron chi connectivity index (χ4n) is 2.09. The molecule has 2 heterocycles. The highest BCUT2D eigenvalue weighted by molar-refractivity contribution is 6.02. The Hall–Kier alpha value is -2.31. The Morgan fingerprint density at radius 2 is 2.00 bits per heavy atom. The van der Waals surface area contributed by atoms with Crippen LogP contribution in [0, 0.1) is 19.8 Å². The van der Waals surface area contributed by atoms with E-state index in [1.54, 1.807) is 4.68 Å². The lowest BCUT2D eigenvalue weighted by molar-refractivity contribution is 0.101. The number of carbonyl (C=O) groups excluding carboxylic acids is 1. The Balaban J connectivity index is 2.21.